The summed E-state index contributed by atoms with van der Waals surface area (Å²) in [6.45, 7) is 5.48. The molecule has 0 saturated carbocycles. The average molecular weight is 264 g/mol. The molecule has 0 aliphatic carbocycles. The SMILES string of the molecule is CC(C)CCCN1C(=O)CNC1c1ccc(F)cc1. The Bertz CT molecular complexity index is 430. The molecule has 1 aliphatic heterocycles. The zero-order valence-electron chi connectivity index (χ0n) is 11.5. The van der Waals surface area contributed by atoms with Gasteiger partial charge in [-0.1, -0.05) is 26.0 Å². The van der Waals surface area contributed by atoms with Crippen LogP contribution in [0.1, 0.15) is 38.4 Å². The molecule has 19 heavy (non-hydrogen) atoms. The third kappa shape index (κ3) is 3.53. The summed E-state index contributed by atoms with van der Waals surface area (Å²) < 4.78 is 12.9. The molecule has 1 aromatic rings. The Morgan fingerprint density at radius 3 is 2.68 bits per heavy atom. The van der Waals surface area contributed by atoms with Crippen molar-refractivity contribution in [2.75, 3.05) is 13.1 Å². The first kappa shape index (κ1) is 14.0. The van der Waals surface area contributed by atoms with E-state index in [1.54, 1.807) is 12.1 Å². The van der Waals surface area contributed by atoms with Gasteiger partial charge in [0.2, 0.25) is 5.91 Å². The molecule has 104 valence electrons. The summed E-state index contributed by atoms with van der Waals surface area (Å²) in [5.41, 5.74) is 0.941. The van der Waals surface area contributed by atoms with E-state index in [2.05, 4.69) is 19.2 Å². The van der Waals surface area contributed by atoms with Crippen molar-refractivity contribution in [3.8, 4) is 0 Å². The van der Waals surface area contributed by atoms with Crippen LogP contribution in [0.15, 0.2) is 24.3 Å². The quantitative estimate of drug-likeness (QED) is 0.887. The van der Waals surface area contributed by atoms with Crippen LogP contribution in [0.2, 0.25) is 0 Å². The number of carbonyl (C=O) groups is 1. The number of nitrogens with one attached hydrogen (secondary N) is 1. The van der Waals surface area contributed by atoms with Crippen LogP contribution in [0.3, 0.4) is 0 Å². The van der Waals surface area contributed by atoms with Crippen LogP contribution in [-0.4, -0.2) is 23.9 Å². The predicted octanol–water partition coefficient (Wildman–Crippen LogP) is 2.69. The third-order valence-electron chi connectivity index (χ3n) is 3.44. The topological polar surface area (TPSA) is 32.3 Å². The lowest BCUT2D eigenvalue weighted by Gasteiger charge is -2.25. The van der Waals surface area contributed by atoms with E-state index in [-0.39, 0.29) is 17.9 Å². The lowest BCUT2D eigenvalue weighted by Crippen LogP contribution is -2.31. The Balaban J connectivity index is 2.02. The summed E-state index contributed by atoms with van der Waals surface area (Å²) in [5, 5.41) is 3.18. The highest BCUT2D eigenvalue weighted by Crippen LogP contribution is 2.23. The first-order valence-electron chi connectivity index (χ1n) is 6.86. The molecule has 1 aromatic carbocycles. The minimum absolute atomic E-state index is 0.111. The molecule has 1 N–H and O–H groups in total. The average Bonchev–Trinajstić information content (AvgIpc) is 2.72. The highest BCUT2D eigenvalue weighted by molar-refractivity contribution is 5.80. The summed E-state index contributed by atoms with van der Waals surface area (Å²) in [4.78, 5) is 13.7. The first-order chi connectivity index (χ1) is 9.08. The van der Waals surface area contributed by atoms with E-state index in [1.807, 2.05) is 4.90 Å². The molecular formula is C15H21FN2O. The Labute approximate surface area is 113 Å². The van der Waals surface area contributed by atoms with Crippen molar-refractivity contribution < 1.29 is 9.18 Å². The normalized spacial score (nSPS) is 19.5. The maximum absolute atomic E-state index is 12.9. The molecule has 1 atom stereocenters. The van der Waals surface area contributed by atoms with E-state index in [1.165, 1.54) is 12.1 Å². The molecule has 2 rings (SSSR count). The Kier molecular flexibility index (Phi) is 4.53. The van der Waals surface area contributed by atoms with Crippen LogP contribution < -0.4 is 5.32 Å². The van der Waals surface area contributed by atoms with Crippen LogP contribution >= 0.6 is 0 Å². The molecule has 4 heteroatoms. The number of hydrogen-bond acceptors (Lipinski definition) is 2. The minimum Gasteiger partial charge on any atom is -0.322 e. The van der Waals surface area contributed by atoms with Crippen molar-refractivity contribution in [1.82, 2.24) is 10.2 Å². The van der Waals surface area contributed by atoms with Gasteiger partial charge in [-0.15, -0.1) is 0 Å². The predicted molar refractivity (Wildman–Crippen MR) is 72.9 cm³/mol. The van der Waals surface area contributed by atoms with Crippen molar-refractivity contribution >= 4 is 5.91 Å². The molecule has 1 saturated heterocycles. The summed E-state index contributed by atoms with van der Waals surface area (Å²) in [5.74, 6) is 0.521. The Morgan fingerprint density at radius 1 is 1.37 bits per heavy atom. The van der Waals surface area contributed by atoms with E-state index >= 15 is 0 Å². The van der Waals surface area contributed by atoms with Gasteiger partial charge in [-0.25, -0.2) is 4.39 Å². The lowest BCUT2D eigenvalue weighted by molar-refractivity contribution is -0.128. The fraction of sp³-hybridized carbons (Fsp3) is 0.533. The maximum atomic E-state index is 12.9. The molecule has 0 spiro atoms. The zero-order valence-corrected chi connectivity index (χ0v) is 11.5. The molecule has 0 aromatic heterocycles. The zero-order chi connectivity index (χ0) is 13.8. The Morgan fingerprint density at radius 2 is 2.05 bits per heavy atom. The smallest absolute Gasteiger partial charge is 0.238 e. The van der Waals surface area contributed by atoms with Gasteiger partial charge in [0.05, 0.1) is 6.54 Å². The molecule has 1 fully saturated rings. The summed E-state index contributed by atoms with van der Waals surface area (Å²) in [6, 6.07) is 6.35. The van der Waals surface area contributed by atoms with Gasteiger partial charge in [0.25, 0.3) is 0 Å². The monoisotopic (exact) mass is 264 g/mol. The van der Waals surface area contributed by atoms with Gasteiger partial charge in [-0.2, -0.15) is 0 Å². The van der Waals surface area contributed by atoms with E-state index < -0.39 is 0 Å². The minimum atomic E-state index is -0.251. The van der Waals surface area contributed by atoms with Crippen LogP contribution in [0, 0.1) is 11.7 Å². The van der Waals surface area contributed by atoms with E-state index in [0.717, 1.165) is 24.9 Å². The fourth-order valence-corrected chi connectivity index (χ4v) is 2.41. The molecule has 1 amide bonds. The number of rotatable bonds is 5. The van der Waals surface area contributed by atoms with Crippen molar-refractivity contribution in [2.45, 2.75) is 32.9 Å². The van der Waals surface area contributed by atoms with Crippen LogP contribution in [-0.2, 0) is 4.79 Å². The standard InChI is InChI=1S/C15H21FN2O/c1-11(2)4-3-9-18-14(19)10-17-15(18)12-5-7-13(16)8-6-12/h5-8,11,15,17H,3-4,9-10H2,1-2H3. The van der Waals surface area contributed by atoms with Crippen molar-refractivity contribution in [2.24, 2.45) is 5.92 Å². The van der Waals surface area contributed by atoms with Crippen LogP contribution in [0.25, 0.3) is 0 Å². The second-order valence-electron chi connectivity index (χ2n) is 5.46. The number of amides is 1. The largest absolute Gasteiger partial charge is 0.322 e. The molecular weight excluding hydrogens is 243 g/mol. The van der Waals surface area contributed by atoms with E-state index in [0.29, 0.717) is 12.5 Å². The van der Waals surface area contributed by atoms with Crippen molar-refractivity contribution in [3.63, 3.8) is 0 Å². The highest BCUT2D eigenvalue weighted by Gasteiger charge is 2.30. The van der Waals surface area contributed by atoms with Gasteiger partial charge in [0, 0.05) is 6.54 Å². The van der Waals surface area contributed by atoms with E-state index in [9.17, 15) is 9.18 Å². The van der Waals surface area contributed by atoms with Gasteiger partial charge in [-0.05, 0) is 36.5 Å². The molecule has 0 bridgehead atoms. The number of nitrogens with zero attached hydrogens (tertiary/aromatic N) is 1. The molecule has 3 nitrogen and oxygen atoms in total. The number of carbonyl (C=O) groups excluding carboxylic acids is 1. The van der Waals surface area contributed by atoms with Crippen molar-refractivity contribution in [1.29, 1.82) is 0 Å². The van der Waals surface area contributed by atoms with Gasteiger partial charge in [0.15, 0.2) is 0 Å². The highest BCUT2D eigenvalue weighted by atomic mass is 19.1. The fourth-order valence-electron chi connectivity index (χ4n) is 2.41. The lowest BCUT2D eigenvalue weighted by atomic mass is 10.1. The van der Waals surface area contributed by atoms with Gasteiger partial charge >= 0.3 is 0 Å². The van der Waals surface area contributed by atoms with Gasteiger partial charge in [-0.3, -0.25) is 10.1 Å². The van der Waals surface area contributed by atoms with E-state index in [4.69, 9.17) is 0 Å². The number of benzene rings is 1. The summed E-state index contributed by atoms with van der Waals surface area (Å²) in [7, 11) is 0. The van der Waals surface area contributed by atoms with Gasteiger partial charge in [0.1, 0.15) is 12.0 Å². The Hall–Kier alpha value is -1.42. The molecule has 1 aliphatic rings. The second kappa shape index (κ2) is 6.15. The van der Waals surface area contributed by atoms with Crippen molar-refractivity contribution in [3.05, 3.63) is 35.6 Å². The maximum Gasteiger partial charge on any atom is 0.238 e. The number of halogens is 1. The molecule has 1 heterocycles. The first-order valence-corrected chi connectivity index (χ1v) is 6.86. The third-order valence-corrected chi connectivity index (χ3v) is 3.44. The van der Waals surface area contributed by atoms with Crippen LogP contribution in [0.4, 0.5) is 4.39 Å². The summed E-state index contributed by atoms with van der Waals surface area (Å²) in [6.07, 6.45) is 2.00. The van der Waals surface area contributed by atoms with Crippen LogP contribution in [0.5, 0.6) is 0 Å². The summed E-state index contributed by atoms with van der Waals surface area (Å²) >= 11 is 0. The molecule has 1 unspecified atom stereocenters. The number of hydrogen-bond donors (Lipinski definition) is 1. The second-order valence-corrected chi connectivity index (χ2v) is 5.46. The molecule has 0 radical (unpaired) electrons. The van der Waals surface area contributed by atoms with Gasteiger partial charge < -0.3 is 4.90 Å².